The van der Waals surface area contributed by atoms with Crippen LogP contribution in [0.2, 0.25) is 10.0 Å². The molecule has 0 spiro atoms. The lowest BCUT2D eigenvalue weighted by atomic mass is 10.2. The number of allylic oxidation sites excluding steroid dienone is 1. The summed E-state index contributed by atoms with van der Waals surface area (Å²) < 4.78 is 5.23. The molecule has 4 heteroatoms. The van der Waals surface area contributed by atoms with Crippen LogP contribution in [0, 0.1) is 6.92 Å². The number of carbonyl (C=O) groups is 1. The molecule has 1 aromatic carbocycles. The Labute approximate surface area is 115 Å². The van der Waals surface area contributed by atoms with E-state index in [0.29, 0.717) is 21.6 Å². The van der Waals surface area contributed by atoms with Gasteiger partial charge in [0.25, 0.3) is 0 Å². The predicted octanol–water partition coefficient (Wildman–Crippen LogP) is 4.79. The van der Waals surface area contributed by atoms with E-state index in [1.807, 2.05) is 0 Å². The molecule has 2 nitrogen and oxygen atoms in total. The van der Waals surface area contributed by atoms with Crippen LogP contribution < -0.4 is 0 Å². The third-order valence-electron chi connectivity index (χ3n) is 2.36. The van der Waals surface area contributed by atoms with Crippen molar-refractivity contribution in [1.29, 1.82) is 0 Å². The Kier molecular flexibility index (Phi) is 3.90. The summed E-state index contributed by atoms with van der Waals surface area (Å²) in [4.78, 5) is 11.8. The lowest BCUT2D eigenvalue weighted by Gasteiger charge is -1.98. The Hall–Kier alpha value is -1.51. The molecule has 2 aromatic rings. The van der Waals surface area contributed by atoms with Crippen LogP contribution in [-0.2, 0) is 0 Å². The van der Waals surface area contributed by atoms with Gasteiger partial charge in [0.2, 0.25) is 5.78 Å². The van der Waals surface area contributed by atoms with Crippen LogP contribution in [0.4, 0.5) is 0 Å². The van der Waals surface area contributed by atoms with E-state index in [1.165, 1.54) is 6.08 Å². The van der Waals surface area contributed by atoms with Crippen LogP contribution in [-0.4, -0.2) is 5.78 Å². The zero-order chi connectivity index (χ0) is 13.1. The average Bonchev–Trinajstić information content (AvgIpc) is 2.74. The van der Waals surface area contributed by atoms with E-state index >= 15 is 0 Å². The van der Waals surface area contributed by atoms with E-state index in [4.69, 9.17) is 27.6 Å². The molecular weight excluding hydrogens is 271 g/mol. The maximum Gasteiger partial charge on any atom is 0.221 e. The SMILES string of the molecule is Cc1ccc(C(=O)/C=C/c2ccc(Cl)cc2Cl)o1. The average molecular weight is 281 g/mol. The van der Waals surface area contributed by atoms with Crippen LogP contribution >= 0.6 is 23.2 Å². The van der Waals surface area contributed by atoms with Gasteiger partial charge in [0.05, 0.1) is 0 Å². The first-order valence-corrected chi connectivity index (χ1v) is 6.06. The van der Waals surface area contributed by atoms with Crippen molar-refractivity contribution in [3.05, 3.63) is 63.5 Å². The van der Waals surface area contributed by atoms with Crippen molar-refractivity contribution in [3.8, 4) is 0 Å². The van der Waals surface area contributed by atoms with E-state index in [-0.39, 0.29) is 5.78 Å². The second-order valence-electron chi connectivity index (χ2n) is 3.77. The molecule has 2 rings (SSSR count). The van der Waals surface area contributed by atoms with Gasteiger partial charge in [-0.05, 0) is 48.9 Å². The number of hydrogen-bond donors (Lipinski definition) is 0. The third kappa shape index (κ3) is 3.03. The van der Waals surface area contributed by atoms with Gasteiger partial charge in [-0.3, -0.25) is 4.79 Å². The topological polar surface area (TPSA) is 30.2 Å². The second-order valence-corrected chi connectivity index (χ2v) is 4.62. The van der Waals surface area contributed by atoms with E-state index in [2.05, 4.69) is 0 Å². The molecule has 0 aliphatic carbocycles. The zero-order valence-electron chi connectivity index (χ0n) is 9.61. The van der Waals surface area contributed by atoms with Gasteiger partial charge in [-0.25, -0.2) is 0 Å². The fourth-order valence-corrected chi connectivity index (χ4v) is 1.92. The lowest BCUT2D eigenvalue weighted by molar-refractivity contribution is 0.102. The normalized spacial score (nSPS) is 11.1. The van der Waals surface area contributed by atoms with Gasteiger partial charge in [0.1, 0.15) is 5.76 Å². The summed E-state index contributed by atoms with van der Waals surface area (Å²) in [5.74, 6) is 0.819. The molecule has 0 bridgehead atoms. The van der Waals surface area contributed by atoms with Crippen LogP contribution in [0.3, 0.4) is 0 Å². The van der Waals surface area contributed by atoms with Crippen molar-refractivity contribution < 1.29 is 9.21 Å². The van der Waals surface area contributed by atoms with Crippen molar-refractivity contribution in [2.45, 2.75) is 6.92 Å². The molecule has 0 fully saturated rings. The predicted molar refractivity (Wildman–Crippen MR) is 73.3 cm³/mol. The van der Waals surface area contributed by atoms with Crippen LogP contribution in [0.1, 0.15) is 21.9 Å². The van der Waals surface area contributed by atoms with Crippen molar-refractivity contribution in [2.75, 3.05) is 0 Å². The molecule has 0 aliphatic rings. The van der Waals surface area contributed by atoms with Gasteiger partial charge in [-0.1, -0.05) is 29.3 Å². The molecule has 92 valence electrons. The largest absolute Gasteiger partial charge is 0.458 e. The maximum atomic E-state index is 11.8. The number of aryl methyl sites for hydroxylation is 1. The minimum Gasteiger partial charge on any atom is -0.458 e. The summed E-state index contributed by atoms with van der Waals surface area (Å²) in [7, 11) is 0. The highest BCUT2D eigenvalue weighted by atomic mass is 35.5. The molecule has 0 saturated carbocycles. The minimum atomic E-state index is -0.200. The van der Waals surface area contributed by atoms with E-state index in [0.717, 1.165) is 5.56 Å². The van der Waals surface area contributed by atoms with Gasteiger partial charge in [0, 0.05) is 10.0 Å². The fraction of sp³-hybridized carbons (Fsp3) is 0.0714. The number of benzene rings is 1. The molecule has 0 atom stereocenters. The first kappa shape index (κ1) is 12.9. The molecule has 0 saturated heterocycles. The molecule has 0 N–H and O–H groups in total. The highest BCUT2D eigenvalue weighted by molar-refractivity contribution is 6.35. The Morgan fingerprint density at radius 2 is 2.00 bits per heavy atom. The Bertz CT molecular complexity index is 612. The molecule has 18 heavy (non-hydrogen) atoms. The maximum absolute atomic E-state index is 11.8. The van der Waals surface area contributed by atoms with Crippen molar-refractivity contribution in [1.82, 2.24) is 0 Å². The van der Waals surface area contributed by atoms with Crippen LogP contribution in [0.5, 0.6) is 0 Å². The zero-order valence-corrected chi connectivity index (χ0v) is 11.1. The van der Waals surface area contributed by atoms with E-state index < -0.39 is 0 Å². The number of ketones is 1. The molecular formula is C14H10Cl2O2. The summed E-state index contributed by atoms with van der Waals surface area (Å²) in [6.07, 6.45) is 3.06. The van der Waals surface area contributed by atoms with Crippen molar-refractivity contribution in [2.24, 2.45) is 0 Å². The second kappa shape index (κ2) is 5.42. The van der Waals surface area contributed by atoms with Gasteiger partial charge in [-0.15, -0.1) is 0 Å². The number of carbonyl (C=O) groups excluding carboxylic acids is 1. The van der Waals surface area contributed by atoms with Gasteiger partial charge < -0.3 is 4.42 Å². The van der Waals surface area contributed by atoms with Crippen LogP contribution in [0.15, 0.2) is 40.8 Å². The summed E-state index contributed by atoms with van der Waals surface area (Å²) in [6.45, 7) is 1.79. The Morgan fingerprint density at radius 3 is 2.61 bits per heavy atom. The van der Waals surface area contributed by atoms with Gasteiger partial charge in [-0.2, -0.15) is 0 Å². The number of rotatable bonds is 3. The van der Waals surface area contributed by atoms with Gasteiger partial charge >= 0.3 is 0 Å². The summed E-state index contributed by atoms with van der Waals surface area (Å²) >= 11 is 11.8. The smallest absolute Gasteiger partial charge is 0.221 e. The molecule has 0 amide bonds. The highest BCUT2D eigenvalue weighted by Gasteiger charge is 2.06. The number of furan rings is 1. The van der Waals surface area contributed by atoms with Crippen molar-refractivity contribution in [3.63, 3.8) is 0 Å². The van der Waals surface area contributed by atoms with E-state index in [9.17, 15) is 4.79 Å². The quantitative estimate of drug-likeness (QED) is 0.598. The molecule has 0 aliphatic heterocycles. The number of halogens is 2. The molecule has 0 radical (unpaired) electrons. The first-order valence-electron chi connectivity index (χ1n) is 5.30. The number of hydrogen-bond acceptors (Lipinski definition) is 2. The van der Waals surface area contributed by atoms with Gasteiger partial charge in [0.15, 0.2) is 5.76 Å². The summed E-state index contributed by atoms with van der Waals surface area (Å²) in [5.41, 5.74) is 0.734. The highest BCUT2D eigenvalue weighted by Crippen LogP contribution is 2.22. The Morgan fingerprint density at radius 1 is 1.22 bits per heavy atom. The minimum absolute atomic E-state index is 0.200. The summed E-state index contributed by atoms with van der Waals surface area (Å²) in [6, 6.07) is 8.49. The molecule has 1 aromatic heterocycles. The first-order chi connectivity index (χ1) is 8.56. The molecule has 1 heterocycles. The monoisotopic (exact) mass is 280 g/mol. The summed E-state index contributed by atoms with van der Waals surface area (Å²) in [5, 5.41) is 1.06. The van der Waals surface area contributed by atoms with E-state index in [1.54, 1.807) is 43.3 Å². The fourth-order valence-electron chi connectivity index (χ4n) is 1.45. The third-order valence-corrected chi connectivity index (χ3v) is 2.92. The lowest BCUT2D eigenvalue weighted by Crippen LogP contribution is -1.90. The standard InChI is InChI=1S/C14H10Cl2O2/c1-9-2-7-14(18-9)13(17)6-4-10-3-5-11(15)8-12(10)16/h2-8H,1H3/b6-4+. The van der Waals surface area contributed by atoms with Crippen molar-refractivity contribution >= 4 is 35.1 Å². The van der Waals surface area contributed by atoms with Crippen LogP contribution in [0.25, 0.3) is 6.08 Å². The Balaban J connectivity index is 2.18. The molecule has 0 unspecified atom stereocenters.